The lowest BCUT2D eigenvalue weighted by molar-refractivity contribution is -0.129. The van der Waals surface area contributed by atoms with Crippen LogP contribution in [0.1, 0.15) is 26.2 Å². The second kappa shape index (κ2) is 4.72. The van der Waals surface area contributed by atoms with E-state index in [2.05, 4.69) is 17.6 Å². The average Bonchev–Trinajstić information content (AvgIpc) is 2.63. The van der Waals surface area contributed by atoms with Crippen LogP contribution >= 0.6 is 0 Å². The van der Waals surface area contributed by atoms with Gasteiger partial charge in [0, 0.05) is 20.2 Å². The smallest absolute Gasteiger partial charge is 0.224 e. The molecule has 4 nitrogen and oxygen atoms in total. The summed E-state index contributed by atoms with van der Waals surface area (Å²) in [6.07, 6.45) is 3.36. The van der Waals surface area contributed by atoms with Gasteiger partial charge in [-0.1, -0.05) is 6.92 Å². The molecule has 0 aromatic carbocycles. The number of rotatable bonds is 4. The number of carbonyl (C=O) groups is 1. The molecule has 92 valence electrons. The highest BCUT2D eigenvalue weighted by Gasteiger charge is 2.38. The monoisotopic (exact) mass is 226 g/mol. The minimum absolute atomic E-state index is 0.0646. The van der Waals surface area contributed by atoms with E-state index in [0.717, 1.165) is 25.9 Å². The van der Waals surface area contributed by atoms with Gasteiger partial charge in [0.25, 0.3) is 0 Å². The maximum absolute atomic E-state index is 12.0. The van der Waals surface area contributed by atoms with Crippen LogP contribution in [0.4, 0.5) is 0 Å². The Morgan fingerprint density at radius 2 is 2.25 bits per heavy atom. The zero-order chi connectivity index (χ0) is 11.6. The zero-order valence-electron chi connectivity index (χ0n) is 10.2. The minimum Gasteiger partial charge on any atom is -0.376 e. The molecule has 2 rings (SSSR count). The molecule has 2 aliphatic rings. The fourth-order valence-electron chi connectivity index (χ4n) is 2.56. The average molecular weight is 226 g/mol. The normalized spacial score (nSPS) is 32.1. The Kier molecular flexibility index (Phi) is 3.50. The molecular formula is C12H22N2O2. The maximum Gasteiger partial charge on any atom is 0.224 e. The summed E-state index contributed by atoms with van der Waals surface area (Å²) < 4.78 is 5.48. The van der Waals surface area contributed by atoms with E-state index in [0.29, 0.717) is 12.5 Å². The molecule has 1 saturated carbocycles. The molecule has 1 aliphatic carbocycles. The van der Waals surface area contributed by atoms with Crippen LogP contribution in [0.15, 0.2) is 0 Å². The first kappa shape index (κ1) is 11.9. The lowest BCUT2D eigenvalue weighted by atomic mass is 9.80. The van der Waals surface area contributed by atoms with E-state index in [4.69, 9.17) is 4.74 Å². The predicted octanol–water partition coefficient (Wildman–Crippen LogP) is 0.527. The van der Waals surface area contributed by atoms with Gasteiger partial charge in [-0.25, -0.2) is 0 Å². The highest BCUT2D eigenvalue weighted by Crippen LogP contribution is 2.34. The van der Waals surface area contributed by atoms with Crippen molar-refractivity contribution in [2.24, 2.45) is 11.8 Å². The van der Waals surface area contributed by atoms with Crippen molar-refractivity contribution in [2.45, 2.75) is 31.8 Å². The van der Waals surface area contributed by atoms with Crippen LogP contribution in [0.2, 0.25) is 0 Å². The summed E-state index contributed by atoms with van der Waals surface area (Å²) in [7, 11) is 1.74. The third-order valence-electron chi connectivity index (χ3n) is 4.14. The number of amides is 1. The lowest BCUT2D eigenvalue weighted by Gasteiger charge is -2.40. The molecule has 0 aromatic rings. The van der Waals surface area contributed by atoms with Crippen molar-refractivity contribution in [1.82, 2.24) is 10.6 Å². The predicted molar refractivity (Wildman–Crippen MR) is 62.1 cm³/mol. The largest absolute Gasteiger partial charge is 0.376 e. The molecular weight excluding hydrogens is 204 g/mol. The fraction of sp³-hybridized carbons (Fsp3) is 0.917. The van der Waals surface area contributed by atoms with Crippen molar-refractivity contribution in [3.63, 3.8) is 0 Å². The molecule has 1 amide bonds. The standard InChI is InChI=1S/C12H22N2O2/c1-9-6-13-7-10(9)11(15)14-8-12(16-2)4-3-5-12/h9-10,13H,3-8H2,1-2H3,(H,14,15)/t9-,10-/m1/s1. The number of hydrogen-bond donors (Lipinski definition) is 2. The van der Waals surface area contributed by atoms with E-state index in [-0.39, 0.29) is 17.4 Å². The van der Waals surface area contributed by atoms with Gasteiger partial charge in [-0.15, -0.1) is 0 Å². The van der Waals surface area contributed by atoms with Gasteiger partial charge in [-0.05, 0) is 31.7 Å². The molecule has 1 heterocycles. The molecule has 1 saturated heterocycles. The summed E-state index contributed by atoms with van der Waals surface area (Å²) >= 11 is 0. The molecule has 2 fully saturated rings. The van der Waals surface area contributed by atoms with Gasteiger partial charge in [0.2, 0.25) is 5.91 Å². The molecule has 2 N–H and O–H groups in total. The molecule has 0 spiro atoms. The molecule has 0 unspecified atom stereocenters. The Morgan fingerprint density at radius 1 is 1.50 bits per heavy atom. The Hall–Kier alpha value is -0.610. The van der Waals surface area contributed by atoms with E-state index in [1.54, 1.807) is 7.11 Å². The fourth-order valence-corrected chi connectivity index (χ4v) is 2.56. The Labute approximate surface area is 97.1 Å². The van der Waals surface area contributed by atoms with Gasteiger partial charge >= 0.3 is 0 Å². The van der Waals surface area contributed by atoms with Crippen LogP contribution in [-0.4, -0.2) is 38.3 Å². The van der Waals surface area contributed by atoms with Crippen molar-refractivity contribution >= 4 is 5.91 Å². The summed E-state index contributed by atoms with van der Waals surface area (Å²) in [6, 6.07) is 0. The molecule has 0 aromatic heterocycles. The van der Waals surface area contributed by atoms with Crippen LogP contribution in [-0.2, 0) is 9.53 Å². The molecule has 0 bridgehead atoms. The first-order chi connectivity index (χ1) is 7.67. The first-order valence-electron chi connectivity index (χ1n) is 6.20. The van der Waals surface area contributed by atoms with Gasteiger partial charge in [-0.3, -0.25) is 4.79 Å². The number of hydrogen-bond acceptors (Lipinski definition) is 3. The van der Waals surface area contributed by atoms with E-state index in [9.17, 15) is 4.79 Å². The van der Waals surface area contributed by atoms with Crippen molar-refractivity contribution in [3.8, 4) is 0 Å². The summed E-state index contributed by atoms with van der Waals surface area (Å²) in [5, 5.41) is 6.29. The summed E-state index contributed by atoms with van der Waals surface area (Å²) in [4.78, 5) is 12.0. The SMILES string of the molecule is COC1(CNC(=O)[C@@H]2CNC[C@H]2C)CCC1. The van der Waals surface area contributed by atoms with Crippen LogP contribution < -0.4 is 10.6 Å². The third kappa shape index (κ3) is 2.23. The Balaban J connectivity index is 1.79. The van der Waals surface area contributed by atoms with Crippen molar-refractivity contribution < 1.29 is 9.53 Å². The highest BCUT2D eigenvalue weighted by molar-refractivity contribution is 5.79. The molecule has 2 atom stereocenters. The second-order valence-electron chi connectivity index (χ2n) is 5.20. The van der Waals surface area contributed by atoms with E-state index >= 15 is 0 Å². The molecule has 16 heavy (non-hydrogen) atoms. The summed E-state index contributed by atoms with van der Waals surface area (Å²) in [6.45, 7) is 4.56. The van der Waals surface area contributed by atoms with E-state index in [1.165, 1.54) is 6.42 Å². The van der Waals surface area contributed by atoms with Crippen molar-refractivity contribution in [3.05, 3.63) is 0 Å². The van der Waals surface area contributed by atoms with Crippen molar-refractivity contribution in [1.29, 1.82) is 0 Å². The number of ether oxygens (including phenoxy) is 1. The molecule has 1 aliphatic heterocycles. The first-order valence-corrected chi connectivity index (χ1v) is 6.20. The molecule has 4 heteroatoms. The van der Waals surface area contributed by atoms with Gasteiger partial charge in [0.1, 0.15) is 0 Å². The van der Waals surface area contributed by atoms with E-state index < -0.39 is 0 Å². The van der Waals surface area contributed by atoms with Crippen LogP contribution in [0.5, 0.6) is 0 Å². The lowest BCUT2D eigenvalue weighted by Crippen LogP contribution is -2.50. The Bertz CT molecular complexity index is 258. The van der Waals surface area contributed by atoms with Gasteiger partial charge in [0.15, 0.2) is 0 Å². The highest BCUT2D eigenvalue weighted by atomic mass is 16.5. The van der Waals surface area contributed by atoms with Gasteiger partial charge in [0.05, 0.1) is 11.5 Å². The van der Waals surface area contributed by atoms with Crippen molar-refractivity contribution in [2.75, 3.05) is 26.7 Å². The van der Waals surface area contributed by atoms with Crippen LogP contribution in [0, 0.1) is 11.8 Å². The third-order valence-corrected chi connectivity index (χ3v) is 4.14. The van der Waals surface area contributed by atoms with Gasteiger partial charge < -0.3 is 15.4 Å². The number of nitrogens with one attached hydrogen (secondary N) is 2. The topological polar surface area (TPSA) is 50.4 Å². The van der Waals surface area contributed by atoms with Crippen LogP contribution in [0.25, 0.3) is 0 Å². The second-order valence-corrected chi connectivity index (χ2v) is 5.20. The maximum atomic E-state index is 12.0. The quantitative estimate of drug-likeness (QED) is 0.735. The van der Waals surface area contributed by atoms with Crippen LogP contribution in [0.3, 0.4) is 0 Å². The van der Waals surface area contributed by atoms with Gasteiger partial charge in [-0.2, -0.15) is 0 Å². The molecule has 0 radical (unpaired) electrons. The number of methoxy groups -OCH3 is 1. The minimum atomic E-state index is -0.0646. The van der Waals surface area contributed by atoms with E-state index in [1.807, 2.05) is 0 Å². The zero-order valence-corrected chi connectivity index (χ0v) is 10.2. The Morgan fingerprint density at radius 3 is 2.69 bits per heavy atom. The number of carbonyl (C=O) groups excluding carboxylic acids is 1. The summed E-state index contributed by atoms with van der Waals surface area (Å²) in [5.41, 5.74) is -0.0646. The summed E-state index contributed by atoms with van der Waals surface area (Å²) in [5.74, 6) is 0.759.